The Labute approximate surface area is 259 Å². The number of nitrogens with one attached hydrogen (secondary N) is 2. The molecule has 0 aliphatic carbocycles. The van der Waals surface area contributed by atoms with Crippen molar-refractivity contribution in [1.82, 2.24) is 19.9 Å². The summed E-state index contributed by atoms with van der Waals surface area (Å²) in [5.41, 5.74) is 3.46. The molecule has 2 aromatic heterocycles. The summed E-state index contributed by atoms with van der Waals surface area (Å²) in [6, 6.07) is 26.1. The van der Waals surface area contributed by atoms with Crippen LogP contribution in [-0.2, 0) is 17.7 Å². The summed E-state index contributed by atoms with van der Waals surface area (Å²) in [7, 11) is 0. The maximum absolute atomic E-state index is 13.9. The lowest BCUT2D eigenvalue weighted by Crippen LogP contribution is -2.28. The van der Waals surface area contributed by atoms with Crippen LogP contribution in [0.2, 0.25) is 0 Å². The van der Waals surface area contributed by atoms with Crippen LogP contribution in [0.4, 0.5) is 11.6 Å². The molecule has 0 saturated carbocycles. The number of anilines is 2. The van der Waals surface area contributed by atoms with Crippen molar-refractivity contribution in [2.75, 3.05) is 18.4 Å². The Balaban J connectivity index is 1.36. The van der Waals surface area contributed by atoms with E-state index in [0.717, 1.165) is 42.1 Å². The zero-order chi connectivity index (χ0) is 30.6. The smallest absolute Gasteiger partial charge is 0.263 e. The zero-order valence-corrected chi connectivity index (χ0v) is 25.6. The van der Waals surface area contributed by atoms with E-state index in [1.165, 1.54) is 10.1 Å². The Bertz CT molecular complexity index is 1820. The summed E-state index contributed by atoms with van der Waals surface area (Å²) < 4.78 is 14.1. The van der Waals surface area contributed by atoms with Crippen LogP contribution in [-0.4, -0.2) is 43.2 Å². The summed E-state index contributed by atoms with van der Waals surface area (Å²) in [5.74, 6) is 0.555. The van der Waals surface area contributed by atoms with Gasteiger partial charge in [0.1, 0.15) is 10.9 Å². The van der Waals surface area contributed by atoms with E-state index in [-0.39, 0.29) is 23.1 Å². The van der Waals surface area contributed by atoms with Gasteiger partial charge in [0.2, 0.25) is 5.95 Å². The minimum absolute atomic E-state index is 0.00326. The molecule has 1 unspecified atom stereocenters. The molecule has 8 nitrogen and oxygen atoms in total. The van der Waals surface area contributed by atoms with Crippen molar-refractivity contribution in [3.05, 3.63) is 124 Å². The average molecular weight is 606 g/mol. The van der Waals surface area contributed by atoms with Gasteiger partial charge in [-0.1, -0.05) is 54.6 Å². The minimum atomic E-state index is -1.12. The number of carbonyl (C=O) groups is 1. The molecule has 6 rings (SSSR count). The van der Waals surface area contributed by atoms with Crippen LogP contribution in [0, 0.1) is 0 Å². The monoisotopic (exact) mass is 605 g/mol. The van der Waals surface area contributed by atoms with Gasteiger partial charge in [-0.25, -0.2) is 4.98 Å². The number of aromatic nitrogens is 3. The van der Waals surface area contributed by atoms with Gasteiger partial charge in [-0.15, -0.1) is 0 Å². The van der Waals surface area contributed by atoms with Gasteiger partial charge in [-0.3, -0.25) is 14.2 Å². The van der Waals surface area contributed by atoms with Gasteiger partial charge in [0.25, 0.3) is 5.56 Å². The van der Waals surface area contributed by atoms with Crippen LogP contribution < -0.4 is 16.2 Å². The molecule has 3 aromatic carbocycles. The molecule has 5 aromatic rings. The van der Waals surface area contributed by atoms with Gasteiger partial charge in [-0.2, -0.15) is 4.98 Å². The van der Waals surface area contributed by atoms with Crippen molar-refractivity contribution in [3.8, 4) is 0 Å². The third kappa shape index (κ3) is 6.45. The lowest BCUT2D eigenvalue weighted by Gasteiger charge is -2.23. The van der Waals surface area contributed by atoms with Crippen LogP contribution in [0.25, 0.3) is 11.0 Å². The van der Waals surface area contributed by atoms with Gasteiger partial charge in [-0.05, 0) is 98.3 Å². The SMILES string of the molecule is CC(C)[S+]([O-])c1ccc(Cn2c(=O)c(C(=O)c3ccccc3)cc3cnc(Nc4ccc(C5CCNCC5)cc4)nc32)cc1. The minimum Gasteiger partial charge on any atom is -0.611 e. The fourth-order valence-corrected chi connectivity index (χ4v) is 6.53. The maximum atomic E-state index is 13.9. The predicted molar refractivity (Wildman–Crippen MR) is 175 cm³/mol. The first-order valence-electron chi connectivity index (χ1n) is 14.9. The highest BCUT2D eigenvalue weighted by Crippen LogP contribution is 2.27. The number of hydrogen-bond acceptors (Lipinski definition) is 7. The third-order valence-electron chi connectivity index (χ3n) is 8.01. The topological polar surface area (TPSA) is 112 Å². The van der Waals surface area contributed by atoms with Crippen molar-refractivity contribution >= 4 is 39.6 Å². The largest absolute Gasteiger partial charge is 0.611 e. The molecule has 224 valence electrons. The number of ketones is 1. The van der Waals surface area contributed by atoms with E-state index in [1.807, 2.05) is 56.3 Å². The van der Waals surface area contributed by atoms with Gasteiger partial charge in [0.15, 0.2) is 10.7 Å². The Hall–Kier alpha value is -4.31. The lowest BCUT2D eigenvalue weighted by molar-refractivity contribution is 0.103. The molecule has 44 heavy (non-hydrogen) atoms. The molecule has 1 aliphatic rings. The van der Waals surface area contributed by atoms with E-state index in [4.69, 9.17) is 4.98 Å². The molecule has 0 radical (unpaired) electrons. The Morgan fingerprint density at radius 3 is 2.41 bits per heavy atom. The van der Waals surface area contributed by atoms with Crippen molar-refractivity contribution < 1.29 is 9.35 Å². The van der Waals surface area contributed by atoms with Gasteiger partial charge < -0.3 is 15.2 Å². The molecule has 0 amide bonds. The van der Waals surface area contributed by atoms with Gasteiger partial charge in [0, 0.05) is 22.8 Å². The normalized spacial score (nSPS) is 14.5. The molecule has 1 saturated heterocycles. The number of hydrogen-bond donors (Lipinski definition) is 2. The van der Waals surface area contributed by atoms with E-state index in [0.29, 0.717) is 28.5 Å². The number of fused-ring (bicyclic) bond motifs is 1. The fourth-order valence-electron chi connectivity index (χ4n) is 5.58. The summed E-state index contributed by atoms with van der Waals surface area (Å²) in [5, 5.41) is 7.26. The Morgan fingerprint density at radius 2 is 1.73 bits per heavy atom. The Morgan fingerprint density at radius 1 is 1.02 bits per heavy atom. The van der Waals surface area contributed by atoms with E-state index >= 15 is 0 Å². The molecule has 1 atom stereocenters. The van der Waals surface area contributed by atoms with Gasteiger partial charge >= 0.3 is 0 Å². The van der Waals surface area contributed by atoms with Crippen LogP contribution in [0.5, 0.6) is 0 Å². The summed E-state index contributed by atoms with van der Waals surface area (Å²) in [4.78, 5) is 37.4. The predicted octanol–water partition coefficient (Wildman–Crippen LogP) is 5.80. The highest BCUT2D eigenvalue weighted by Gasteiger charge is 2.20. The summed E-state index contributed by atoms with van der Waals surface area (Å²) in [6.07, 6.45) is 3.90. The summed E-state index contributed by atoms with van der Waals surface area (Å²) >= 11 is -1.12. The van der Waals surface area contributed by atoms with E-state index in [9.17, 15) is 14.1 Å². The number of rotatable bonds is 9. The number of benzene rings is 3. The molecule has 1 aliphatic heterocycles. The first-order valence-corrected chi connectivity index (χ1v) is 16.2. The highest BCUT2D eigenvalue weighted by atomic mass is 32.2. The second-order valence-corrected chi connectivity index (χ2v) is 13.4. The third-order valence-corrected chi connectivity index (χ3v) is 9.60. The molecule has 1 fully saturated rings. The molecule has 3 heterocycles. The molecule has 0 bridgehead atoms. The number of piperidine rings is 1. The highest BCUT2D eigenvalue weighted by molar-refractivity contribution is 7.92. The van der Waals surface area contributed by atoms with Gasteiger partial charge in [0.05, 0.1) is 12.1 Å². The maximum Gasteiger partial charge on any atom is 0.263 e. The van der Waals surface area contributed by atoms with Crippen LogP contribution in [0.15, 0.2) is 101 Å². The number of carbonyl (C=O) groups excluding carboxylic acids is 1. The lowest BCUT2D eigenvalue weighted by atomic mass is 9.90. The van der Waals surface area contributed by atoms with Crippen molar-refractivity contribution in [1.29, 1.82) is 0 Å². The number of pyridine rings is 1. The number of nitrogens with zero attached hydrogens (tertiary/aromatic N) is 3. The van der Waals surface area contributed by atoms with Crippen LogP contribution >= 0.6 is 0 Å². The van der Waals surface area contributed by atoms with E-state index in [1.54, 1.807) is 36.5 Å². The zero-order valence-electron chi connectivity index (χ0n) is 24.8. The van der Waals surface area contributed by atoms with Crippen molar-refractivity contribution in [3.63, 3.8) is 0 Å². The molecule has 2 N–H and O–H groups in total. The molecular weight excluding hydrogens is 570 g/mol. The van der Waals surface area contributed by atoms with E-state index < -0.39 is 16.7 Å². The van der Waals surface area contributed by atoms with Crippen molar-refractivity contribution in [2.45, 2.75) is 49.3 Å². The first kappa shape index (κ1) is 29.7. The first-order chi connectivity index (χ1) is 21.4. The average Bonchev–Trinajstić information content (AvgIpc) is 3.07. The fraction of sp³-hybridized carbons (Fsp3) is 0.257. The Kier molecular flexibility index (Phi) is 8.88. The molecule has 9 heteroatoms. The summed E-state index contributed by atoms with van der Waals surface area (Å²) in [6.45, 7) is 6.09. The molecule has 0 spiro atoms. The van der Waals surface area contributed by atoms with Crippen molar-refractivity contribution in [2.24, 2.45) is 0 Å². The quantitative estimate of drug-likeness (QED) is 0.161. The van der Waals surface area contributed by atoms with Crippen LogP contribution in [0.1, 0.15) is 59.7 Å². The molecular formula is C35H35N5O3S. The standard InChI is InChI=1S/C35H35N5O3S/c1-23(2)44(43)30-14-8-24(9-15-30)22-40-33-28(20-31(34(40)42)32(41)27-6-4-3-5-7-27)21-37-35(39-33)38-29-12-10-25(11-13-29)26-16-18-36-19-17-26/h3-15,20-21,23,26,36H,16-19,22H2,1-2H3,(H,37,38,39). The van der Waals surface area contributed by atoms with E-state index in [2.05, 4.69) is 27.8 Å². The van der Waals surface area contributed by atoms with Crippen LogP contribution in [0.3, 0.4) is 0 Å². The second-order valence-electron chi connectivity index (χ2n) is 11.4. The second kappa shape index (κ2) is 13.1.